The Hall–Kier alpha value is -2.41. The number of nitrogens with zero attached hydrogens (tertiary/aromatic N) is 5. The molecule has 2 aromatic rings. The van der Waals surface area contributed by atoms with Crippen molar-refractivity contribution in [2.24, 2.45) is 0 Å². The van der Waals surface area contributed by atoms with Crippen LogP contribution >= 0.6 is 0 Å². The largest absolute Gasteiger partial charge is 0.381 e. The molecule has 2 aromatic heterocycles. The summed E-state index contributed by atoms with van der Waals surface area (Å²) < 4.78 is 7.82. The van der Waals surface area contributed by atoms with E-state index >= 15 is 0 Å². The van der Waals surface area contributed by atoms with Gasteiger partial charge in [-0.3, -0.25) is 14.5 Å². The molecule has 147 valence electrons. The van der Waals surface area contributed by atoms with Gasteiger partial charge in [-0.2, -0.15) is 5.10 Å². The van der Waals surface area contributed by atoms with Gasteiger partial charge in [-0.1, -0.05) is 0 Å². The first-order valence-corrected chi connectivity index (χ1v) is 10.3. The third kappa shape index (κ3) is 2.98. The molecule has 0 aromatic carbocycles. The molecule has 0 bridgehead atoms. The zero-order valence-corrected chi connectivity index (χ0v) is 16.4. The van der Waals surface area contributed by atoms with E-state index < -0.39 is 0 Å². The van der Waals surface area contributed by atoms with Gasteiger partial charge in [0.05, 0.1) is 30.7 Å². The topological polar surface area (TPSA) is 63.5 Å². The van der Waals surface area contributed by atoms with Crippen molar-refractivity contribution in [2.45, 2.75) is 51.6 Å². The van der Waals surface area contributed by atoms with Crippen LogP contribution in [-0.4, -0.2) is 51.9 Å². The van der Waals surface area contributed by atoms with Crippen molar-refractivity contribution in [3.8, 4) is 0 Å². The van der Waals surface area contributed by atoms with Crippen molar-refractivity contribution >= 4 is 17.4 Å². The lowest BCUT2D eigenvalue weighted by Crippen LogP contribution is -2.36. The number of carbonyl (C=O) groups excluding carboxylic acids is 1. The van der Waals surface area contributed by atoms with Gasteiger partial charge in [0.1, 0.15) is 0 Å². The lowest BCUT2D eigenvalue weighted by atomic mass is 10.0. The molecule has 7 heteroatoms. The number of ether oxygens (including phenoxy) is 1. The van der Waals surface area contributed by atoms with E-state index in [0.29, 0.717) is 12.6 Å². The van der Waals surface area contributed by atoms with Crippen LogP contribution in [-0.2, 0) is 28.9 Å². The maximum atomic E-state index is 12.1. The van der Waals surface area contributed by atoms with E-state index in [9.17, 15) is 4.79 Å². The zero-order valence-electron chi connectivity index (χ0n) is 16.4. The van der Waals surface area contributed by atoms with E-state index in [-0.39, 0.29) is 5.91 Å². The maximum absolute atomic E-state index is 12.1. The molecule has 0 unspecified atom stereocenters. The fraction of sp³-hybridized carbons (Fsp3) is 0.571. The van der Waals surface area contributed by atoms with Crippen molar-refractivity contribution in [1.29, 1.82) is 0 Å². The van der Waals surface area contributed by atoms with Crippen molar-refractivity contribution in [3.63, 3.8) is 0 Å². The van der Waals surface area contributed by atoms with E-state index in [4.69, 9.17) is 9.84 Å². The Morgan fingerprint density at radius 3 is 2.93 bits per heavy atom. The number of amides is 1. The van der Waals surface area contributed by atoms with E-state index in [1.54, 1.807) is 6.92 Å². The Morgan fingerprint density at radius 1 is 1.25 bits per heavy atom. The summed E-state index contributed by atoms with van der Waals surface area (Å²) >= 11 is 0. The number of pyridine rings is 1. The zero-order chi connectivity index (χ0) is 19.1. The highest BCUT2D eigenvalue weighted by Gasteiger charge is 2.33. The van der Waals surface area contributed by atoms with Crippen molar-refractivity contribution < 1.29 is 9.53 Å². The van der Waals surface area contributed by atoms with Crippen LogP contribution in [0.5, 0.6) is 0 Å². The predicted molar refractivity (Wildman–Crippen MR) is 105 cm³/mol. The van der Waals surface area contributed by atoms with Crippen LogP contribution in [0.1, 0.15) is 49.0 Å². The summed E-state index contributed by atoms with van der Waals surface area (Å²) in [5.41, 5.74) is 4.90. The number of aryl methyl sites for hydroxylation is 1. The molecule has 0 saturated carbocycles. The molecular formula is C21H26N5O2. The van der Waals surface area contributed by atoms with Crippen LogP contribution in [0.25, 0.3) is 0 Å². The highest BCUT2D eigenvalue weighted by atomic mass is 16.5. The van der Waals surface area contributed by atoms with Crippen LogP contribution in [0.2, 0.25) is 0 Å². The summed E-state index contributed by atoms with van der Waals surface area (Å²) in [7, 11) is 0. The van der Waals surface area contributed by atoms with E-state index in [1.165, 1.54) is 16.8 Å². The van der Waals surface area contributed by atoms with Gasteiger partial charge in [0.2, 0.25) is 5.91 Å². The second kappa shape index (κ2) is 7.20. The second-order valence-electron chi connectivity index (χ2n) is 7.92. The summed E-state index contributed by atoms with van der Waals surface area (Å²) in [6, 6.07) is 2.37. The minimum Gasteiger partial charge on any atom is -0.381 e. The molecule has 0 spiro atoms. The maximum Gasteiger partial charge on any atom is 0.219 e. The molecule has 28 heavy (non-hydrogen) atoms. The fourth-order valence-corrected chi connectivity index (χ4v) is 4.73. The number of hydrogen-bond acceptors (Lipinski definition) is 5. The van der Waals surface area contributed by atoms with E-state index in [0.717, 1.165) is 69.9 Å². The predicted octanol–water partition coefficient (Wildman–Crippen LogP) is 2.42. The molecule has 1 radical (unpaired) electrons. The minimum absolute atomic E-state index is 0.130. The molecule has 3 aliphatic heterocycles. The van der Waals surface area contributed by atoms with Gasteiger partial charge in [-0.05, 0) is 37.3 Å². The molecule has 0 aliphatic carbocycles. The molecule has 1 saturated heterocycles. The minimum atomic E-state index is 0.130. The summed E-state index contributed by atoms with van der Waals surface area (Å²) in [5.74, 6) is 1.13. The quantitative estimate of drug-likeness (QED) is 0.801. The van der Waals surface area contributed by atoms with Crippen molar-refractivity contribution in [3.05, 3.63) is 35.3 Å². The Kier molecular flexibility index (Phi) is 4.55. The van der Waals surface area contributed by atoms with Gasteiger partial charge in [-0.15, -0.1) is 0 Å². The van der Waals surface area contributed by atoms with Gasteiger partial charge in [0, 0.05) is 50.9 Å². The highest BCUT2D eigenvalue weighted by molar-refractivity contribution is 5.75. The molecule has 1 fully saturated rings. The van der Waals surface area contributed by atoms with Gasteiger partial charge in [-0.25, -0.2) is 0 Å². The lowest BCUT2D eigenvalue weighted by Gasteiger charge is -2.32. The third-order valence-electron chi connectivity index (χ3n) is 6.25. The van der Waals surface area contributed by atoms with Crippen LogP contribution in [0, 0.1) is 6.20 Å². The van der Waals surface area contributed by atoms with Crippen LogP contribution < -0.4 is 4.90 Å². The third-order valence-corrected chi connectivity index (χ3v) is 6.25. The number of aromatic nitrogens is 3. The average Bonchev–Trinajstić information content (AvgIpc) is 3.12. The SMILES string of the molecule is CC(=O)N1CCc2c(c(N3CCCc4c[c]ncc43)nn2C2CCOCC2)C1. The fourth-order valence-electron chi connectivity index (χ4n) is 4.73. The molecule has 3 aliphatic rings. The summed E-state index contributed by atoms with van der Waals surface area (Å²) in [6.07, 6.45) is 9.86. The van der Waals surface area contributed by atoms with Gasteiger partial charge >= 0.3 is 0 Å². The Labute approximate surface area is 165 Å². The summed E-state index contributed by atoms with van der Waals surface area (Å²) in [6.45, 7) is 5.58. The molecule has 0 N–H and O–H groups in total. The summed E-state index contributed by atoms with van der Waals surface area (Å²) in [5, 5.41) is 5.14. The standard InChI is InChI=1S/C21H26N5O2/c1-15(27)24-10-5-19-18(14-24)21(23-26(19)17-6-11-28-12-7-17)25-9-2-3-16-4-8-22-13-20(16)25/h4,13,17H,2-3,5-7,9-12,14H2,1H3. The number of fused-ring (bicyclic) bond motifs is 2. The normalized spacial score (nSPS) is 20.0. The number of anilines is 2. The smallest absolute Gasteiger partial charge is 0.219 e. The van der Waals surface area contributed by atoms with Crippen molar-refractivity contribution in [1.82, 2.24) is 19.7 Å². The first-order valence-electron chi connectivity index (χ1n) is 10.3. The van der Waals surface area contributed by atoms with Crippen LogP contribution in [0.3, 0.4) is 0 Å². The van der Waals surface area contributed by atoms with E-state index in [2.05, 4.69) is 20.8 Å². The van der Waals surface area contributed by atoms with Gasteiger partial charge < -0.3 is 14.5 Å². The average molecular weight is 380 g/mol. The molecule has 0 atom stereocenters. The lowest BCUT2D eigenvalue weighted by molar-refractivity contribution is -0.129. The first-order chi connectivity index (χ1) is 13.7. The Balaban J connectivity index is 1.60. The highest BCUT2D eigenvalue weighted by Crippen LogP contribution is 2.38. The number of carbonyl (C=O) groups is 1. The first kappa shape index (κ1) is 17.7. The van der Waals surface area contributed by atoms with Crippen molar-refractivity contribution in [2.75, 3.05) is 31.2 Å². The Bertz CT molecular complexity index is 887. The monoisotopic (exact) mass is 380 g/mol. The molecular weight excluding hydrogens is 354 g/mol. The number of rotatable bonds is 2. The second-order valence-corrected chi connectivity index (χ2v) is 7.92. The summed E-state index contributed by atoms with van der Waals surface area (Å²) in [4.78, 5) is 20.5. The van der Waals surface area contributed by atoms with Crippen LogP contribution in [0.4, 0.5) is 11.5 Å². The number of hydrogen-bond donors (Lipinski definition) is 0. The molecule has 5 rings (SSSR count). The molecule has 5 heterocycles. The van der Waals surface area contributed by atoms with Gasteiger partial charge in [0.15, 0.2) is 5.82 Å². The Morgan fingerprint density at radius 2 is 2.11 bits per heavy atom. The molecule has 1 amide bonds. The van der Waals surface area contributed by atoms with Crippen LogP contribution in [0.15, 0.2) is 12.3 Å². The van der Waals surface area contributed by atoms with Gasteiger partial charge in [0.25, 0.3) is 0 Å². The van der Waals surface area contributed by atoms with E-state index in [1.807, 2.05) is 17.2 Å². The molecule has 7 nitrogen and oxygen atoms in total.